The van der Waals surface area contributed by atoms with Crippen LogP contribution in [0.4, 0.5) is 13.2 Å². The van der Waals surface area contributed by atoms with Gasteiger partial charge >= 0.3 is 6.18 Å². The van der Waals surface area contributed by atoms with E-state index >= 15 is 0 Å². The van der Waals surface area contributed by atoms with E-state index in [9.17, 15) is 21.6 Å². The average Bonchev–Trinajstić information content (AvgIpc) is 2.32. The molecule has 0 spiro atoms. The van der Waals surface area contributed by atoms with Crippen LogP contribution in [-0.4, -0.2) is 20.2 Å². The summed E-state index contributed by atoms with van der Waals surface area (Å²) in [7, 11) is -3.71. The predicted octanol–water partition coefficient (Wildman–Crippen LogP) is 3.00. The molecule has 1 fully saturated rings. The molecule has 0 saturated heterocycles. The second-order valence-corrected chi connectivity index (χ2v) is 7.20. The zero-order valence-electron chi connectivity index (χ0n) is 10.3. The van der Waals surface area contributed by atoms with Gasteiger partial charge in [0.1, 0.15) is 0 Å². The molecule has 0 amide bonds. The number of halogens is 4. The number of hydrogen-bond acceptors (Lipinski definition) is 3. The van der Waals surface area contributed by atoms with Crippen LogP contribution < -0.4 is 4.84 Å². The number of benzene rings is 1. The van der Waals surface area contributed by atoms with Crippen LogP contribution in [0, 0.1) is 5.92 Å². The number of alkyl halides is 3. The van der Waals surface area contributed by atoms with Crippen LogP contribution in [0.3, 0.4) is 0 Å². The minimum absolute atomic E-state index is 0.0641. The Hall–Kier alpha value is -0.790. The number of sulfone groups is 1. The van der Waals surface area contributed by atoms with Crippen molar-refractivity contribution in [3.8, 4) is 0 Å². The van der Waals surface area contributed by atoms with Crippen molar-refractivity contribution in [2.75, 3.05) is 5.75 Å². The molecular formula is C12H13ClF3NO2S. The Morgan fingerprint density at radius 1 is 1.30 bits per heavy atom. The lowest BCUT2D eigenvalue weighted by molar-refractivity contribution is -0.137. The molecule has 1 aliphatic carbocycles. The van der Waals surface area contributed by atoms with Gasteiger partial charge in [-0.25, -0.2) is 13.3 Å². The second-order valence-electron chi connectivity index (χ2n) is 4.95. The van der Waals surface area contributed by atoms with E-state index in [1.807, 2.05) is 0 Å². The van der Waals surface area contributed by atoms with E-state index in [0.29, 0.717) is 18.9 Å². The highest BCUT2D eigenvalue weighted by molar-refractivity contribution is 7.91. The molecule has 3 nitrogen and oxygen atoms in total. The number of hydrogen-bond donors (Lipinski definition) is 1. The van der Waals surface area contributed by atoms with Crippen LogP contribution in [0.5, 0.6) is 0 Å². The van der Waals surface area contributed by atoms with Crippen LogP contribution in [0.1, 0.15) is 18.4 Å². The van der Waals surface area contributed by atoms with Gasteiger partial charge in [-0.3, -0.25) is 0 Å². The minimum atomic E-state index is -4.55. The Morgan fingerprint density at radius 2 is 1.95 bits per heavy atom. The van der Waals surface area contributed by atoms with Gasteiger partial charge in [0.2, 0.25) is 0 Å². The number of rotatable bonds is 4. The van der Waals surface area contributed by atoms with Gasteiger partial charge in [0.15, 0.2) is 9.84 Å². The van der Waals surface area contributed by atoms with E-state index in [1.165, 1.54) is 6.07 Å². The fourth-order valence-electron chi connectivity index (χ4n) is 2.23. The molecule has 0 unspecified atom stereocenters. The summed E-state index contributed by atoms with van der Waals surface area (Å²) in [6.07, 6.45) is -3.32. The van der Waals surface area contributed by atoms with Crippen LogP contribution >= 0.6 is 11.8 Å². The molecule has 0 aliphatic heterocycles. The summed E-state index contributed by atoms with van der Waals surface area (Å²) in [5.41, 5.74) is -0.951. The van der Waals surface area contributed by atoms with E-state index < -0.39 is 21.6 Å². The maximum atomic E-state index is 12.6. The Balaban J connectivity index is 2.14. The summed E-state index contributed by atoms with van der Waals surface area (Å²) >= 11 is 5.40. The monoisotopic (exact) mass is 327 g/mol. The maximum Gasteiger partial charge on any atom is 0.416 e. The van der Waals surface area contributed by atoms with Crippen molar-refractivity contribution in [3.05, 3.63) is 29.8 Å². The van der Waals surface area contributed by atoms with E-state index in [1.54, 1.807) is 0 Å². The fraction of sp³-hybridized carbons (Fsp3) is 0.500. The van der Waals surface area contributed by atoms with Crippen molar-refractivity contribution in [1.82, 2.24) is 4.84 Å². The summed E-state index contributed by atoms with van der Waals surface area (Å²) in [4.78, 5) is 2.23. The smallest absolute Gasteiger partial charge is 0.230 e. The van der Waals surface area contributed by atoms with Crippen LogP contribution in [0.25, 0.3) is 0 Å². The first-order chi connectivity index (χ1) is 9.22. The molecule has 20 heavy (non-hydrogen) atoms. The van der Waals surface area contributed by atoms with Gasteiger partial charge in [-0.2, -0.15) is 13.2 Å². The number of nitrogens with one attached hydrogen (secondary N) is 1. The van der Waals surface area contributed by atoms with Crippen molar-refractivity contribution < 1.29 is 21.6 Å². The Labute approximate surface area is 120 Å². The molecule has 0 heterocycles. The summed E-state index contributed by atoms with van der Waals surface area (Å²) in [6.45, 7) is 0. The lowest BCUT2D eigenvalue weighted by Gasteiger charge is -2.33. The lowest BCUT2D eigenvalue weighted by Crippen LogP contribution is -2.39. The Kier molecular flexibility index (Phi) is 4.32. The quantitative estimate of drug-likeness (QED) is 0.865. The van der Waals surface area contributed by atoms with Gasteiger partial charge < -0.3 is 0 Å². The minimum Gasteiger partial charge on any atom is -0.230 e. The van der Waals surface area contributed by atoms with Gasteiger partial charge in [-0.05, 0) is 48.7 Å². The molecular weight excluding hydrogens is 315 g/mol. The third-order valence-electron chi connectivity index (χ3n) is 3.37. The third-order valence-corrected chi connectivity index (χ3v) is 5.56. The van der Waals surface area contributed by atoms with Crippen molar-refractivity contribution in [2.45, 2.75) is 30.0 Å². The average molecular weight is 328 g/mol. The SMILES string of the molecule is O=S(=O)(CC1CC(NCl)C1)c1cccc(C(F)(F)F)c1. The molecule has 0 aromatic heterocycles. The maximum absolute atomic E-state index is 12.6. The van der Waals surface area contributed by atoms with E-state index in [-0.39, 0.29) is 22.6 Å². The van der Waals surface area contributed by atoms with Crippen molar-refractivity contribution >= 4 is 21.6 Å². The highest BCUT2D eigenvalue weighted by Gasteiger charge is 2.35. The van der Waals surface area contributed by atoms with Crippen LogP contribution in [0.15, 0.2) is 29.2 Å². The summed E-state index contributed by atoms with van der Waals surface area (Å²) in [5, 5.41) is 0. The van der Waals surface area contributed by atoms with Crippen LogP contribution in [-0.2, 0) is 16.0 Å². The molecule has 1 aromatic rings. The summed E-state index contributed by atoms with van der Waals surface area (Å²) < 4.78 is 61.9. The van der Waals surface area contributed by atoms with Gasteiger partial charge in [0, 0.05) is 6.04 Å². The molecule has 1 aromatic carbocycles. The largest absolute Gasteiger partial charge is 0.416 e. The van der Waals surface area contributed by atoms with Crippen molar-refractivity contribution in [1.29, 1.82) is 0 Å². The first kappa shape index (κ1) is 15.6. The molecule has 112 valence electrons. The van der Waals surface area contributed by atoms with E-state index in [2.05, 4.69) is 4.84 Å². The molecule has 0 bridgehead atoms. The first-order valence-corrected chi connectivity index (χ1v) is 8.01. The van der Waals surface area contributed by atoms with Crippen molar-refractivity contribution in [3.63, 3.8) is 0 Å². The summed E-state index contributed by atoms with van der Waals surface area (Å²) in [5.74, 6) is -0.214. The third kappa shape index (κ3) is 3.45. The van der Waals surface area contributed by atoms with E-state index in [0.717, 1.165) is 12.1 Å². The second kappa shape index (κ2) is 5.54. The molecule has 1 N–H and O–H groups in total. The molecule has 1 saturated carbocycles. The zero-order chi connectivity index (χ0) is 15.0. The molecule has 2 rings (SSSR count). The van der Waals surface area contributed by atoms with Gasteiger partial charge in [0.05, 0.1) is 16.2 Å². The van der Waals surface area contributed by atoms with Crippen LogP contribution in [0.2, 0.25) is 0 Å². The normalized spacial score (nSPS) is 23.4. The standard InChI is InChI=1S/C12H13ClF3NO2S/c13-17-10-4-8(5-10)7-20(18,19)11-3-1-2-9(6-11)12(14,15)16/h1-3,6,8,10,17H,4-5,7H2. The van der Waals surface area contributed by atoms with Gasteiger partial charge in [-0.1, -0.05) is 6.07 Å². The Bertz CT molecular complexity index is 583. The molecule has 1 aliphatic rings. The topological polar surface area (TPSA) is 46.2 Å². The van der Waals surface area contributed by atoms with Crippen molar-refractivity contribution in [2.24, 2.45) is 5.92 Å². The zero-order valence-corrected chi connectivity index (χ0v) is 11.9. The fourth-order valence-corrected chi connectivity index (χ4v) is 4.09. The van der Waals surface area contributed by atoms with Gasteiger partial charge in [0.25, 0.3) is 0 Å². The molecule has 0 atom stereocenters. The molecule has 0 radical (unpaired) electrons. The molecule has 8 heteroatoms. The first-order valence-electron chi connectivity index (χ1n) is 5.98. The lowest BCUT2D eigenvalue weighted by atomic mass is 9.82. The highest BCUT2D eigenvalue weighted by Crippen LogP contribution is 2.33. The summed E-state index contributed by atoms with van der Waals surface area (Å²) in [6, 6.07) is 3.93. The predicted molar refractivity (Wildman–Crippen MR) is 69.0 cm³/mol. The Morgan fingerprint density at radius 3 is 2.50 bits per heavy atom. The highest BCUT2D eigenvalue weighted by atomic mass is 35.5. The van der Waals surface area contributed by atoms with Gasteiger partial charge in [-0.15, -0.1) is 0 Å². The van der Waals surface area contributed by atoms with E-state index in [4.69, 9.17) is 11.8 Å².